The van der Waals surface area contributed by atoms with Gasteiger partial charge in [-0.2, -0.15) is 0 Å². The van der Waals surface area contributed by atoms with Gasteiger partial charge in [0.15, 0.2) is 0 Å². The first-order chi connectivity index (χ1) is 8.42. The summed E-state index contributed by atoms with van der Waals surface area (Å²) in [7, 11) is 0. The summed E-state index contributed by atoms with van der Waals surface area (Å²) < 4.78 is 11.4. The summed E-state index contributed by atoms with van der Waals surface area (Å²) >= 11 is 0. The lowest BCUT2D eigenvalue weighted by molar-refractivity contribution is 0.0954. The van der Waals surface area contributed by atoms with Crippen molar-refractivity contribution < 1.29 is 9.15 Å². The van der Waals surface area contributed by atoms with E-state index < -0.39 is 0 Å². The van der Waals surface area contributed by atoms with E-state index in [-0.39, 0.29) is 0 Å². The minimum atomic E-state index is 0.335. The highest BCUT2D eigenvalue weighted by atomic mass is 16.5. The van der Waals surface area contributed by atoms with Crippen molar-refractivity contribution in [1.82, 2.24) is 5.32 Å². The first-order valence-corrected chi connectivity index (χ1v) is 6.79. The Labute approximate surface area is 111 Å². The van der Waals surface area contributed by atoms with Gasteiger partial charge in [0.05, 0.1) is 13.2 Å². The molecule has 0 saturated heterocycles. The molecule has 1 N–H and O–H groups in total. The van der Waals surface area contributed by atoms with Crippen LogP contribution >= 0.6 is 0 Å². The van der Waals surface area contributed by atoms with E-state index in [1.165, 1.54) is 0 Å². The molecule has 3 heteroatoms. The molecule has 0 amide bonds. The Kier molecular flexibility index (Phi) is 5.89. The molecular weight excluding hydrogens is 226 g/mol. The van der Waals surface area contributed by atoms with Crippen LogP contribution in [0, 0.1) is 12.3 Å². The Morgan fingerprint density at radius 2 is 2.06 bits per heavy atom. The molecule has 0 aliphatic carbocycles. The van der Waals surface area contributed by atoms with Crippen LogP contribution in [0.2, 0.25) is 0 Å². The number of nitrogens with one attached hydrogen (secondary N) is 1. The standard InChI is InChI=1S/C15H27NO2/c1-6-16-10-14-9-13(12(2)18-14)11-17-8-7-15(3,4)5/h9,16H,6-8,10-11H2,1-5H3. The van der Waals surface area contributed by atoms with E-state index in [2.05, 4.69) is 39.1 Å². The predicted octanol–water partition coefficient (Wildman–Crippen LogP) is 3.65. The van der Waals surface area contributed by atoms with E-state index in [4.69, 9.17) is 9.15 Å². The fourth-order valence-electron chi connectivity index (χ4n) is 1.63. The Hall–Kier alpha value is -0.800. The molecule has 0 radical (unpaired) electrons. The van der Waals surface area contributed by atoms with Crippen LogP contribution in [0.1, 0.15) is 51.2 Å². The Balaban J connectivity index is 2.35. The maximum Gasteiger partial charge on any atom is 0.118 e. The predicted molar refractivity (Wildman–Crippen MR) is 74.6 cm³/mol. The average Bonchev–Trinajstić information content (AvgIpc) is 2.61. The summed E-state index contributed by atoms with van der Waals surface area (Å²) in [5.74, 6) is 1.96. The molecule has 0 aliphatic rings. The van der Waals surface area contributed by atoms with E-state index in [1.54, 1.807) is 0 Å². The minimum Gasteiger partial charge on any atom is -0.465 e. The summed E-state index contributed by atoms with van der Waals surface area (Å²) in [6.45, 7) is 14.0. The highest BCUT2D eigenvalue weighted by Gasteiger charge is 2.11. The first kappa shape index (κ1) is 15.3. The van der Waals surface area contributed by atoms with Crippen LogP contribution in [0.4, 0.5) is 0 Å². The van der Waals surface area contributed by atoms with Gasteiger partial charge in [0.1, 0.15) is 11.5 Å². The molecule has 3 nitrogen and oxygen atoms in total. The second kappa shape index (κ2) is 6.95. The zero-order chi connectivity index (χ0) is 13.6. The first-order valence-electron chi connectivity index (χ1n) is 6.79. The van der Waals surface area contributed by atoms with Gasteiger partial charge in [-0.15, -0.1) is 0 Å². The third kappa shape index (κ3) is 5.69. The van der Waals surface area contributed by atoms with Crippen LogP contribution in [-0.2, 0) is 17.9 Å². The molecule has 0 unspecified atom stereocenters. The minimum absolute atomic E-state index is 0.335. The van der Waals surface area contributed by atoms with Gasteiger partial charge in [-0.3, -0.25) is 0 Å². The summed E-state index contributed by atoms with van der Waals surface area (Å²) in [6.07, 6.45) is 1.08. The second-order valence-electron chi connectivity index (χ2n) is 5.94. The monoisotopic (exact) mass is 253 g/mol. The Bertz CT molecular complexity index is 350. The van der Waals surface area contributed by atoms with Crippen molar-refractivity contribution in [3.05, 3.63) is 23.2 Å². The molecule has 0 aromatic carbocycles. The molecule has 1 rings (SSSR count). The molecule has 0 atom stereocenters. The number of hydrogen-bond acceptors (Lipinski definition) is 3. The molecule has 0 bridgehead atoms. The molecule has 1 aromatic rings. The zero-order valence-electron chi connectivity index (χ0n) is 12.4. The van der Waals surface area contributed by atoms with E-state index in [9.17, 15) is 0 Å². The van der Waals surface area contributed by atoms with Crippen LogP contribution in [0.5, 0.6) is 0 Å². The van der Waals surface area contributed by atoms with Gasteiger partial charge in [-0.25, -0.2) is 0 Å². The fraction of sp³-hybridized carbons (Fsp3) is 0.733. The molecule has 0 fully saturated rings. The molecule has 0 spiro atoms. The summed E-state index contributed by atoms with van der Waals surface area (Å²) in [4.78, 5) is 0. The van der Waals surface area contributed by atoms with Gasteiger partial charge >= 0.3 is 0 Å². The van der Waals surface area contributed by atoms with Gasteiger partial charge < -0.3 is 14.5 Å². The molecule has 18 heavy (non-hydrogen) atoms. The smallest absolute Gasteiger partial charge is 0.118 e. The SMILES string of the molecule is CCNCc1cc(COCCC(C)(C)C)c(C)o1. The van der Waals surface area contributed by atoms with Crippen LogP contribution in [0.25, 0.3) is 0 Å². The lowest BCUT2D eigenvalue weighted by atomic mass is 9.93. The molecule has 0 saturated carbocycles. The largest absolute Gasteiger partial charge is 0.465 e. The van der Waals surface area contributed by atoms with Crippen LogP contribution < -0.4 is 5.32 Å². The van der Waals surface area contributed by atoms with Gasteiger partial charge in [0.25, 0.3) is 0 Å². The summed E-state index contributed by atoms with van der Waals surface area (Å²) in [6, 6.07) is 2.09. The topological polar surface area (TPSA) is 34.4 Å². The number of furan rings is 1. The Morgan fingerprint density at radius 1 is 1.33 bits per heavy atom. The van der Waals surface area contributed by atoms with Crippen LogP contribution in [0.3, 0.4) is 0 Å². The van der Waals surface area contributed by atoms with Gasteiger partial charge in [-0.1, -0.05) is 27.7 Å². The van der Waals surface area contributed by atoms with E-state index >= 15 is 0 Å². The van der Waals surface area contributed by atoms with Crippen molar-refractivity contribution in [3.63, 3.8) is 0 Å². The lowest BCUT2D eigenvalue weighted by Crippen LogP contribution is -2.10. The van der Waals surface area contributed by atoms with E-state index in [1.807, 2.05) is 6.92 Å². The maximum atomic E-state index is 5.71. The molecule has 0 aliphatic heterocycles. The Morgan fingerprint density at radius 3 is 2.67 bits per heavy atom. The lowest BCUT2D eigenvalue weighted by Gasteiger charge is -2.17. The average molecular weight is 253 g/mol. The molecule has 1 heterocycles. The third-order valence-electron chi connectivity index (χ3n) is 2.87. The van der Waals surface area contributed by atoms with Crippen LogP contribution in [0.15, 0.2) is 10.5 Å². The second-order valence-corrected chi connectivity index (χ2v) is 5.94. The van der Waals surface area contributed by atoms with E-state index in [0.717, 1.165) is 43.2 Å². The van der Waals surface area contributed by atoms with Gasteiger partial charge in [0.2, 0.25) is 0 Å². The normalized spacial score (nSPS) is 12.1. The van der Waals surface area contributed by atoms with E-state index in [0.29, 0.717) is 12.0 Å². The van der Waals surface area contributed by atoms with Crippen molar-refractivity contribution in [2.75, 3.05) is 13.2 Å². The van der Waals surface area contributed by atoms with Crippen molar-refractivity contribution >= 4 is 0 Å². The van der Waals surface area contributed by atoms with Gasteiger partial charge in [0, 0.05) is 12.2 Å². The van der Waals surface area contributed by atoms with Crippen molar-refractivity contribution in [3.8, 4) is 0 Å². The molecule has 104 valence electrons. The highest BCUT2D eigenvalue weighted by molar-refractivity contribution is 5.19. The quantitative estimate of drug-likeness (QED) is 0.753. The fourth-order valence-corrected chi connectivity index (χ4v) is 1.63. The summed E-state index contributed by atoms with van der Waals surface area (Å²) in [5.41, 5.74) is 1.50. The summed E-state index contributed by atoms with van der Waals surface area (Å²) in [5, 5.41) is 3.26. The number of aryl methyl sites for hydroxylation is 1. The highest BCUT2D eigenvalue weighted by Crippen LogP contribution is 2.19. The number of ether oxygens (including phenoxy) is 1. The van der Waals surface area contributed by atoms with Crippen molar-refractivity contribution in [2.45, 2.75) is 54.2 Å². The van der Waals surface area contributed by atoms with Crippen molar-refractivity contribution in [2.24, 2.45) is 5.41 Å². The number of hydrogen-bond donors (Lipinski definition) is 1. The van der Waals surface area contributed by atoms with Crippen LogP contribution in [-0.4, -0.2) is 13.2 Å². The number of rotatable bonds is 7. The molecular formula is C15H27NO2. The van der Waals surface area contributed by atoms with Gasteiger partial charge in [-0.05, 0) is 31.4 Å². The third-order valence-corrected chi connectivity index (χ3v) is 2.87. The van der Waals surface area contributed by atoms with Crippen molar-refractivity contribution in [1.29, 1.82) is 0 Å². The zero-order valence-corrected chi connectivity index (χ0v) is 12.4. The molecule has 1 aromatic heterocycles. The maximum absolute atomic E-state index is 5.71.